The summed E-state index contributed by atoms with van der Waals surface area (Å²) in [4.78, 5) is 23.8. The Balaban J connectivity index is 2.44. The second-order valence-electron chi connectivity index (χ2n) is 2.95. The van der Waals surface area contributed by atoms with Crippen LogP contribution in [0.5, 0.6) is 0 Å². The van der Waals surface area contributed by atoms with E-state index in [4.69, 9.17) is 0 Å². The van der Waals surface area contributed by atoms with Gasteiger partial charge in [-0.2, -0.15) is 0 Å². The molecule has 0 spiro atoms. The molecule has 0 fully saturated rings. The molecule has 1 aliphatic rings. The van der Waals surface area contributed by atoms with E-state index in [2.05, 4.69) is 6.58 Å². The molecule has 0 aromatic carbocycles. The highest BCUT2D eigenvalue weighted by atomic mass is 16.2. The van der Waals surface area contributed by atoms with Crippen molar-refractivity contribution in [1.82, 2.24) is 4.90 Å². The highest BCUT2D eigenvalue weighted by Gasteiger charge is 2.14. The summed E-state index contributed by atoms with van der Waals surface area (Å²) >= 11 is 0. The second-order valence-corrected chi connectivity index (χ2v) is 2.95. The smallest absolute Gasteiger partial charge is 0.226 e. The first-order valence-corrected chi connectivity index (χ1v) is 4.35. The van der Waals surface area contributed by atoms with Crippen molar-refractivity contribution in [3.63, 3.8) is 0 Å². The lowest BCUT2D eigenvalue weighted by atomic mass is 10.2. The van der Waals surface area contributed by atoms with Crippen LogP contribution in [0.25, 0.3) is 0 Å². The van der Waals surface area contributed by atoms with Crippen LogP contribution in [-0.4, -0.2) is 23.1 Å². The van der Waals surface area contributed by atoms with Crippen molar-refractivity contribution in [3.8, 4) is 0 Å². The molecule has 1 aliphatic heterocycles. The van der Waals surface area contributed by atoms with Gasteiger partial charge in [0.1, 0.15) is 0 Å². The summed E-state index contributed by atoms with van der Waals surface area (Å²) < 4.78 is 0. The molecule has 0 N–H and O–H groups in total. The monoisotopic (exact) mass is 179 g/mol. The molecule has 0 saturated carbocycles. The average Bonchev–Trinajstić information content (AvgIpc) is 2.15. The summed E-state index contributed by atoms with van der Waals surface area (Å²) in [6.45, 7) is 4.07. The number of nitrogens with zero attached hydrogens (tertiary/aromatic N) is 1. The predicted octanol–water partition coefficient (Wildman–Crippen LogP) is 1.27. The van der Waals surface area contributed by atoms with Gasteiger partial charge in [0.2, 0.25) is 5.91 Å². The lowest BCUT2D eigenvalue weighted by molar-refractivity contribution is -0.129. The zero-order valence-corrected chi connectivity index (χ0v) is 7.53. The molecule has 0 aromatic heterocycles. The van der Waals surface area contributed by atoms with Crippen LogP contribution < -0.4 is 0 Å². The second kappa shape index (κ2) is 4.60. The zero-order chi connectivity index (χ0) is 9.68. The van der Waals surface area contributed by atoms with E-state index in [1.807, 2.05) is 0 Å². The van der Waals surface area contributed by atoms with Crippen molar-refractivity contribution in [2.24, 2.45) is 0 Å². The molecule has 0 aromatic rings. The largest absolute Gasteiger partial charge is 0.318 e. The number of allylic oxidation sites excluding steroid dienone is 2. The average molecular weight is 179 g/mol. The molecule has 13 heavy (non-hydrogen) atoms. The minimum absolute atomic E-state index is 0.0589. The maximum Gasteiger partial charge on any atom is 0.226 e. The van der Waals surface area contributed by atoms with Gasteiger partial charge >= 0.3 is 0 Å². The third-order valence-electron chi connectivity index (χ3n) is 1.92. The maximum absolute atomic E-state index is 11.4. The Morgan fingerprint density at radius 2 is 2.46 bits per heavy atom. The molecule has 0 atom stereocenters. The van der Waals surface area contributed by atoms with Gasteiger partial charge in [0.15, 0.2) is 5.78 Å². The van der Waals surface area contributed by atoms with Crippen LogP contribution in [0.15, 0.2) is 24.9 Å². The summed E-state index contributed by atoms with van der Waals surface area (Å²) in [6.07, 6.45) is 6.35. The minimum Gasteiger partial charge on any atom is -0.318 e. The van der Waals surface area contributed by atoms with Gasteiger partial charge in [0.25, 0.3) is 0 Å². The van der Waals surface area contributed by atoms with Gasteiger partial charge in [-0.3, -0.25) is 9.59 Å². The van der Waals surface area contributed by atoms with Crippen molar-refractivity contribution >= 4 is 11.7 Å². The first-order chi connectivity index (χ1) is 6.24. The van der Waals surface area contributed by atoms with E-state index in [0.29, 0.717) is 25.8 Å². The molecule has 0 radical (unpaired) electrons. The fourth-order valence-corrected chi connectivity index (χ4v) is 1.14. The Morgan fingerprint density at radius 3 is 3.00 bits per heavy atom. The maximum atomic E-state index is 11.4. The molecule has 0 saturated heterocycles. The van der Waals surface area contributed by atoms with Gasteiger partial charge in [-0.1, -0.05) is 6.08 Å². The van der Waals surface area contributed by atoms with E-state index >= 15 is 0 Å². The molecule has 1 amide bonds. The molecule has 0 aliphatic carbocycles. The fraction of sp³-hybridized carbons (Fsp3) is 0.400. The number of carbonyl (C=O) groups is 2. The Morgan fingerprint density at radius 1 is 1.69 bits per heavy atom. The van der Waals surface area contributed by atoms with Crippen molar-refractivity contribution in [2.75, 3.05) is 6.54 Å². The quantitative estimate of drug-likeness (QED) is 0.612. The standard InChI is InChI=1S/C10H13NO2/c1-2-3-4-10(13)11-7-5-9(12)6-8-11/h2,5,7H,1,3-4,6,8H2. The number of rotatable bonds is 3. The molecular formula is C10H13NO2. The molecule has 3 nitrogen and oxygen atoms in total. The first kappa shape index (κ1) is 9.71. The van der Waals surface area contributed by atoms with E-state index in [1.165, 1.54) is 6.08 Å². The van der Waals surface area contributed by atoms with Crippen molar-refractivity contribution in [3.05, 3.63) is 24.9 Å². The first-order valence-electron chi connectivity index (χ1n) is 4.35. The number of amides is 1. The predicted molar refractivity (Wildman–Crippen MR) is 49.9 cm³/mol. The van der Waals surface area contributed by atoms with E-state index in [0.717, 1.165) is 0 Å². The lowest BCUT2D eigenvalue weighted by Crippen LogP contribution is -2.30. The summed E-state index contributed by atoms with van der Waals surface area (Å²) in [5, 5.41) is 0. The summed E-state index contributed by atoms with van der Waals surface area (Å²) in [5.41, 5.74) is 0. The SMILES string of the molecule is C=CCCC(=O)N1C=CC(=O)CC1. The third-order valence-corrected chi connectivity index (χ3v) is 1.92. The van der Waals surface area contributed by atoms with Crippen molar-refractivity contribution < 1.29 is 9.59 Å². The van der Waals surface area contributed by atoms with Gasteiger partial charge in [-0.25, -0.2) is 0 Å². The molecule has 0 unspecified atom stereocenters. The summed E-state index contributed by atoms with van der Waals surface area (Å²) in [6, 6.07) is 0. The fourth-order valence-electron chi connectivity index (χ4n) is 1.14. The molecule has 0 bridgehead atoms. The Hall–Kier alpha value is -1.38. The van der Waals surface area contributed by atoms with E-state index in [9.17, 15) is 9.59 Å². The van der Waals surface area contributed by atoms with Crippen molar-refractivity contribution in [1.29, 1.82) is 0 Å². The third kappa shape index (κ3) is 2.86. The zero-order valence-electron chi connectivity index (χ0n) is 7.53. The molecule has 70 valence electrons. The van der Waals surface area contributed by atoms with E-state index in [-0.39, 0.29) is 11.7 Å². The molecule has 1 heterocycles. The molecule has 3 heteroatoms. The normalized spacial score (nSPS) is 16.0. The summed E-state index contributed by atoms with van der Waals surface area (Å²) in [5.74, 6) is 0.149. The van der Waals surface area contributed by atoms with Crippen LogP contribution in [0.1, 0.15) is 19.3 Å². The van der Waals surface area contributed by atoms with E-state index in [1.54, 1.807) is 17.2 Å². The summed E-state index contributed by atoms with van der Waals surface area (Å²) in [7, 11) is 0. The topological polar surface area (TPSA) is 37.4 Å². The van der Waals surface area contributed by atoms with E-state index < -0.39 is 0 Å². The van der Waals surface area contributed by atoms with Crippen LogP contribution >= 0.6 is 0 Å². The van der Waals surface area contributed by atoms with Crippen LogP contribution in [0.2, 0.25) is 0 Å². The van der Waals surface area contributed by atoms with Crippen LogP contribution in [-0.2, 0) is 9.59 Å². The lowest BCUT2D eigenvalue weighted by Gasteiger charge is -2.20. The van der Waals surface area contributed by atoms with Crippen LogP contribution in [0, 0.1) is 0 Å². The van der Waals surface area contributed by atoms with Crippen LogP contribution in [0.3, 0.4) is 0 Å². The number of carbonyl (C=O) groups excluding carboxylic acids is 2. The Bertz CT molecular complexity index is 256. The Kier molecular flexibility index (Phi) is 3.43. The van der Waals surface area contributed by atoms with Gasteiger partial charge in [0.05, 0.1) is 0 Å². The number of hydrogen-bond acceptors (Lipinski definition) is 2. The number of ketones is 1. The van der Waals surface area contributed by atoms with Gasteiger partial charge in [-0.05, 0) is 12.5 Å². The highest BCUT2D eigenvalue weighted by Crippen LogP contribution is 2.06. The minimum atomic E-state index is 0.0589. The van der Waals surface area contributed by atoms with Gasteiger partial charge in [0, 0.05) is 25.6 Å². The van der Waals surface area contributed by atoms with Gasteiger partial charge in [-0.15, -0.1) is 6.58 Å². The molecular weight excluding hydrogens is 166 g/mol. The van der Waals surface area contributed by atoms with Crippen LogP contribution in [0.4, 0.5) is 0 Å². The Labute approximate surface area is 77.7 Å². The highest BCUT2D eigenvalue weighted by molar-refractivity contribution is 5.92. The number of hydrogen-bond donors (Lipinski definition) is 0. The van der Waals surface area contributed by atoms with Crippen molar-refractivity contribution in [2.45, 2.75) is 19.3 Å². The molecule has 1 rings (SSSR count). The van der Waals surface area contributed by atoms with Gasteiger partial charge < -0.3 is 4.90 Å².